The molecule has 108 valence electrons. The quantitative estimate of drug-likeness (QED) is 0.672. The fraction of sp³-hybridized carbons (Fsp3) is 0.133. The lowest BCUT2D eigenvalue weighted by Gasteiger charge is -2.08. The molecule has 21 heavy (non-hydrogen) atoms. The van der Waals surface area contributed by atoms with E-state index in [1.54, 1.807) is 6.07 Å². The van der Waals surface area contributed by atoms with Crippen LogP contribution in [0.25, 0.3) is 11.0 Å². The Balaban J connectivity index is 1.82. The summed E-state index contributed by atoms with van der Waals surface area (Å²) < 4.78 is 8.28. The third-order valence-corrected chi connectivity index (χ3v) is 4.19. The van der Waals surface area contributed by atoms with Crippen molar-refractivity contribution in [3.05, 3.63) is 57.3 Å². The summed E-state index contributed by atoms with van der Waals surface area (Å²) in [5.41, 5.74) is 1.79. The monoisotopic (exact) mass is 338 g/mol. The van der Waals surface area contributed by atoms with Crippen LogP contribution in [-0.4, -0.2) is 16.2 Å². The Hall–Kier alpha value is -1.49. The summed E-state index contributed by atoms with van der Waals surface area (Å²) in [7, 11) is 0. The van der Waals surface area contributed by atoms with Crippen molar-refractivity contribution < 1.29 is 4.74 Å². The fourth-order valence-corrected chi connectivity index (χ4v) is 2.77. The second kappa shape index (κ2) is 6.10. The Morgan fingerprint density at radius 2 is 1.81 bits per heavy atom. The average Bonchev–Trinajstić information content (AvgIpc) is 2.76. The summed E-state index contributed by atoms with van der Waals surface area (Å²) in [6.45, 7) is 1.15. The van der Waals surface area contributed by atoms with Gasteiger partial charge in [-0.1, -0.05) is 41.4 Å². The van der Waals surface area contributed by atoms with Crippen molar-refractivity contribution in [1.29, 1.82) is 0 Å². The molecule has 1 N–H and O–H groups in total. The van der Waals surface area contributed by atoms with Gasteiger partial charge in [0.05, 0.1) is 27.6 Å². The van der Waals surface area contributed by atoms with Crippen LogP contribution in [0.2, 0.25) is 10.0 Å². The molecule has 0 unspecified atom stereocenters. The maximum Gasteiger partial charge on any atom is 0.178 e. The number of para-hydroxylation sites is 1. The lowest BCUT2D eigenvalue weighted by atomic mass is 10.3. The number of nitrogens with zero attached hydrogens (tertiary/aromatic N) is 1. The summed E-state index contributed by atoms with van der Waals surface area (Å²) >= 11 is 17.4. The first-order valence-corrected chi connectivity index (χ1v) is 7.57. The minimum Gasteiger partial charge on any atom is -0.492 e. The second-order valence-electron chi connectivity index (χ2n) is 4.53. The van der Waals surface area contributed by atoms with Gasteiger partial charge in [0.25, 0.3) is 0 Å². The minimum atomic E-state index is 0.508. The van der Waals surface area contributed by atoms with Gasteiger partial charge in [-0.25, -0.2) is 0 Å². The van der Waals surface area contributed by atoms with Crippen LogP contribution >= 0.6 is 35.4 Å². The molecule has 1 aromatic heterocycles. The highest BCUT2D eigenvalue weighted by Crippen LogP contribution is 2.27. The molecular weight excluding hydrogens is 327 g/mol. The molecule has 0 bridgehead atoms. The lowest BCUT2D eigenvalue weighted by Crippen LogP contribution is -2.08. The molecule has 6 heteroatoms. The van der Waals surface area contributed by atoms with Gasteiger partial charge < -0.3 is 14.3 Å². The van der Waals surface area contributed by atoms with Gasteiger partial charge in [0.1, 0.15) is 12.4 Å². The van der Waals surface area contributed by atoms with E-state index < -0.39 is 0 Å². The van der Waals surface area contributed by atoms with E-state index in [0.29, 0.717) is 28.0 Å². The van der Waals surface area contributed by atoms with Crippen LogP contribution in [0, 0.1) is 4.77 Å². The van der Waals surface area contributed by atoms with Gasteiger partial charge in [0, 0.05) is 0 Å². The highest BCUT2D eigenvalue weighted by molar-refractivity contribution is 7.71. The molecule has 3 aromatic rings. The van der Waals surface area contributed by atoms with Crippen molar-refractivity contribution in [2.45, 2.75) is 6.54 Å². The first-order chi connectivity index (χ1) is 10.1. The summed E-state index contributed by atoms with van der Waals surface area (Å²) in [5.74, 6) is 0.838. The number of aromatic amines is 1. The van der Waals surface area contributed by atoms with Crippen molar-refractivity contribution in [1.82, 2.24) is 9.55 Å². The van der Waals surface area contributed by atoms with Crippen LogP contribution in [0.5, 0.6) is 5.75 Å². The number of imidazole rings is 1. The van der Waals surface area contributed by atoms with E-state index in [4.69, 9.17) is 40.2 Å². The number of benzene rings is 2. The summed E-state index contributed by atoms with van der Waals surface area (Å²) in [4.78, 5) is 3.12. The van der Waals surface area contributed by atoms with Crippen LogP contribution in [-0.2, 0) is 6.54 Å². The van der Waals surface area contributed by atoms with E-state index >= 15 is 0 Å². The molecule has 0 radical (unpaired) electrons. The molecule has 0 spiro atoms. The maximum absolute atomic E-state index is 6.07. The zero-order valence-corrected chi connectivity index (χ0v) is 13.3. The Kier molecular flexibility index (Phi) is 4.19. The Morgan fingerprint density at radius 1 is 1.10 bits per heavy atom. The summed E-state index contributed by atoms with van der Waals surface area (Å²) in [5, 5.41) is 1.02. The number of fused-ring (bicyclic) bond motifs is 1. The predicted molar refractivity (Wildman–Crippen MR) is 89.1 cm³/mol. The molecule has 0 saturated carbocycles. The van der Waals surface area contributed by atoms with Crippen molar-refractivity contribution in [2.75, 3.05) is 6.61 Å². The number of nitrogens with one attached hydrogen (secondary N) is 1. The van der Waals surface area contributed by atoms with Gasteiger partial charge in [0.2, 0.25) is 0 Å². The van der Waals surface area contributed by atoms with E-state index in [1.165, 1.54) is 0 Å². The highest BCUT2D eigenvalue weighted by atomic mass is 35.5. The normalized spacial score (nSPS) is 11.0. The molecule has 0 amide bonds. The molecule has 3 rings (SSSR count). The number of aromatic nitrogens is 2. The van der Waals surface area contributed by atoms with Crippen LogP contribution in [0.3, 0.4) is 0 Å². The van der Waals surface area contributed by atoms with Gasteiger partial charge in [-0.3, -0.25) is 0 Å². The molecule has 0 aliphatic heterocycles. The first kappa shape index (κ1) is 14.4. The summed E-state index contributed by atoms with van der Waals surface area (Å²) in [6, 6.07) is 13.3. The van der Waals surface area contributed by atoms with E-state index in [9.17, 15) is 0 Å². The third kappa shape index (κ3) is 3.07. The fourth-order valence-electron chi connectivity index (χ4n) is 2.15. The van der Waals surface area contributed by atoms with E-state index in [2.05, 4.69) is 4.98 Å². The van der Waals surface area contributed by atoms with Crippen LogP contribution in [0.4, 0.5) is 0 Å². The number of halogens is 2. The molecule has 0 saturated heterocycles. The molecule has 0 aliphatic carbocycles. The van der Waals surface area contributed by atoms with E-state index in [0.717, 1.165) is 16.8 Å². The Labute approximate surface area is 137 Å². The highest BCUT2D eigenvalue weighted by Gasteiger charge is 2.08. The molecule has 2 aromatic carbocycles. The number of H-pyrrole nitrogens is 1. The van der Waals surface area contributed by atoms with Crippen LogP contribution < -0.4 is 4.74 Å². The minimum absolute atomic E-state index is 0.508. The van der Waals surface area contributed by atoms with E-state index in [-0.39, 0.29) is 0 Å². The molecular formula is C15H12Cl2N2OS. The number of ether oxygens (including phenoxy) is 1. The van der Waals surface area contributed by atoms with Gasteiger partial charge in [-0.15, -0.1) is 0 Å². The van der Waals surface area contributed by atoms with Crippen LogP contribution in [0.15, 0.2) is 42.5 Å². The zero-order chi connectivity index (χ0) is 14.8. The number of hydrogen-bond acceptors (Lipinski definition) is 2. The van der Waals surface area contributed by atoms with E-state index in [1.807, 2.05) is 41.0 Å². The first-order valence-electron chi connectivity index (χ1n) is 6.40. The molecule has 0 fully saturated rings. The van der Waals surface area contributed by atoms with Gasteiger partial charge in [0.15, 0.2) is 4.77 Å². The molecule has 1 heterocycles. The number of rotatable bonds is 4. The Morgan fingerprint density at radius 3 is 2.57 bits per heavy atom. The molecule has 3 nitrogen and oxygen atoms in total. The largest absolute Gasteiger partial charge is 0.492 e. The predicted octanol–water partition coefficient (Wildman–Crippen LogP) is 5.08. The van der Waals surface area contributed by atoms with Crippen molar-refractivity contribution in [3.63, 3.8) is 0 Å². The zero-order valence-electron chi connectivity index (χ0n) is 11.0. The average molecular weight is 339 g/mol. The topological polar surface area (TPSA) is 29.9 Å². The SMILES string of the molecule is S=c1[nH]c2cc(Cl)c(Cl)cc2n1CCOc1ccccc1. The third-order valence-electron chi connectivity index (χ3n) is 3.14. The van der Waals surface area contributed by atoms with Gasteiger partial charge in [-0.2, -0.15) is 0 Å². The second-order valence-corrected chi connectivity index (χ2v) is 5.73. The lowest BCUT2D eigenvalue weighted by molar-refractivity contribution is 0.299. The van der Waals surface area contributed by atoms with Crippen molar-refractivity contribution in [2.24, 2.45) is 0 Å². The smallest absolute Gasteiger partial charge is 0.178 e. The van der Waals surface area contributed by atoms with Crippen molar-refractivity contribution >= 4 is 46.5 Å². The van der Waals surface area contributed by atoms with Gasteiger partial charge >= 0.3 is 0 Å². The Bertz CT molecular complexity index is 827. The van der Waals surface area contributed by atoms with Crippen molar-refractivity contribution in [3.8, 4) is 5.75 Å². The van der Waals surface area contributed by atoms with Gasteiger partial charge in [-0.05, 0) is 36.5 Å². The van der Waals surface area contributed by atoms with Crippen LogP contribution in [0.1, 0.15) is 0 Å². The molecule has 0 aliphatic rings. The summed E-state index contributed by atoms with van der Waals surface area (Å²) in [6.07, 6.45) is 0. The number of hydrogen-bond donors (Lipinski definition) is 1. The standard InChI is InChI=1S/C15H12Cl2N2OS/c16-11-8-13-14(9-12(11)17)19(15(21)18-13)6-7-20-10-4-2-1-3-5-10/h1-5,8-9H,6-7H2,(H,18,21). The maximum atomic E-state index is 6.07. The molecule has 0 atom stereocenters.